The van der Waals surface area contributed by atoms with Crippen LogP contribution in [0.15, 0.2) is 65.8 Å². The van der Waals surface area contributed by atoms with E-state index in [0.717, 1.165) is 5.69 Å². The molecule has 24 heavy (non-hydrogen) atoms. The number of rotatable bonds is 4. The fraction of sp³-hybridized carbons (Fsp3) is 0.211. The lowest BCUT2D eigenvalue weighted by atomic mass is 9.89. The summed E-state index contributed by atoms with van der Waals surface area (Å²) in [7, 11) is 0. The molecule has 2 aromatic rings. The van der Waals surface area contributed by atoms with Gasteiger partial charge in [-0.2, -0.15) is 5.10 Å². The Morgan fingerprint density at radius 3 is 2.21 bits per heavy atom. The van der Waals surface area contributed by atoms with Crippen LogP contribution in [0, 0.1) is 5.92 Å². The van der Waals surface area contributed by atoms with Gasteiger partial charge in [0.1, 0.15) is 17.6 Å². The first-order valence-electron chi connectivity index (χ1n) is 7.77. The second-order valence-corrected chi connectivity index (χ2v) is 5.76. The van der Waals surface area contributed by atoms with E-state index in [9.17, 15) is 14.7 Å². The molecule has 0 aromatic heterocycles. The van der Waals surface area contributed by atoms with Crippen LogP contribution in [0.2, 0.25) is 0 Å². The van der Waals surface area contributed by atoms with Crippen LogP contribution in [-0.2, 0) is 4.79 Å². The number of anilines is 1. The third kappa shape index (κ3) is 3.12. The van der Waals surface area contributed by atoms with Crippen molar-refractivity contribution in [1.29, 1.82) is 0 Å². The first-order chi connectivity index (χ1) is 11.6. The maximum atomic E-state index is 12.7. The topological polar surface area (TPSA) is 70.0 Å². The highest BCUT2D eigenvalue weighted by Crippen LogP contribution is 2.24. The number of para-hydroxylation sites is 1. The lowest BCUT2D eigenvalue weighted by molar-refractivity contribution is -0.122. The maximum absolute atomic E-state index is 12.7. The molecule has 1 aliphatic heterocycles. The SMILES string of the molecule is CC(=O)C1CN(c2ccccc2)N=C(C(=O)c2ccccc2)C1O. The van der Waals surface area contributed by atoms with Crippen molar-refractivity contribution in [3.63, 3.8) is 0 Å². The van der Waals surface area contributed by atoms with Crippen LogP contribution in [0.5, 0.6) is 0 Å². The van der Waals surface area contributed by atoms with E-state index in [1.165, 1.54) is 6.92 Å². The van der Waals surface area contributed by atoms with Crippen LogP contribution >= 0.6 is 0 Å². The molecule has 0 radical (unpaired) electrons. The highest BCUT2D eigenvalue weighted by molar-refractivity contribution is 6.48. The first-order valence-corrected chi connectivity index (χ1v) is 7.77. The minimum Gasteiger partial charge on any atom is -0.386 e. The van der Waals surface area contributed by atoms with E-state index in [-0.39, 0.29) is 23.8 Å². The van der Waals surface area contributed by atoms with Crippen molar-refractivity contribution >= 4 is 23.0 Å². The van der Waals surface area contributed by atoms with Crippen molar-refractivity contribution in [3.05, 3.63) is 66.2 Å². The van der Waals surface area contributed by atoms with Crippen molar-refractivity contribution < 1.29 is 14.7 Å². The Bertz CT molecular complexity index is 772. The molecule has 0 saturated heterocycles. The van der Waals surface area contributed by atoms with Gasteiger partial charge in [-0.15, -0.1) is 0 Å². The molecule has 1 N–H and O–H groups in total. The number of carbonyl (C=O) groups excluding carboxylic acids is 2. The summed E-state index contributed by atoms with van der Waals surface area (Å²) in [5, 5.41) is 16.4. The number of hydrogen-bond donors (Lipinski definition) is 1. The maximum Gasteiger partial charge on any atom is 0.211 e. The van der Waals surface area contributed by atoms with E-state index in [1.54, 1.807) is 29.3 Å². The third-order valence-corrected chi connectivity index (χ3v) is 4.10. The highest BCUT2D eigenvalue weighted by atomic mass is 16.3. The molecular formula is C19H18N2O3. The van der Waals surface area contributed by atoms with Crippen LogP contribution in [0.25, 0.3) is 0 Å². The Kier molecular flexibility index (Phi) is 4.53. The predicted octanol–water partition coefficient (Wildman–Crippen LogP) is 2.31. The summed E-state index contributed by atoms with van der Waals surface area (Å²) in [4.78, 5) is 24.7. The van der Waals surface area contributed by atoms with Gasteiger partial charge in [-0.1, -0.05) is 48.5 Å². The Balaban J connectivity index is 2.02. The zero-order valence-corrected chi connectivity index (χ0v) is 13.3. The molecule has 0 spiro atoms. The molecule has 1 aliphatic rings. The van der Waals surface area contributed by atoms with Crippen LogP contribution in [0.4, 0.5) is 5.69 Å². The molecule has 2 atom stereocenters. The lowest BCUT2D eigenvalue weighted by Crippen LogP contribution is -2.49. The number of carbonyl (C=O) groups is 2. The molecule has 3 rings (SSSR count). The minimum absolute atomic E-state index is 0.00324. The minimum atomic E-state index is -1.20. The fourth-order valence-corrected chi connectivity index (χ4v) is 2.74. The van der Waals surface area contributed by atoms with Crippen LogP contribution < -0.4 is 5.01 Å². The standard InChI is InChI=1S/C19H18N2O3/c1-13(22)16-12-21(15-10-6-3-7-11-15)20-17(19(16)24)18(23)14-8-4-2-5-9-14/h2-11,16,19,24H,12H2,1H3. The fourth-order valence-electron chi connectivity index (χ4n) is 2.74. The molecule has 2 aromatic carbocycles. The average Bonchev–Trinajstić information content (AvgIpc) is 2.62. The molecule has 0 bridgehead atoms. The Morgan fingerprint density at radius 1 is 1.04 bits per heavy atom. The predicted molar refractivity (Wildman–Crippen MR) is 92.2 cm³/mol. The van der Waals surface area contributed by atoms with Crippen molar-refractivity contribution in [2.24, 2.45) is 11.0 Å². The molecule has 0 amide bonds. The summed E-state index contributed by atoms with van der Waals surface area (Å²) in [5.74, 6) is -1.22. The molecule has 122 valence electrons. The van der Waals surface area contributed by atoms with Gasteiger partial charge in [0.15, 0.2) is 0 Å². The molecule has 2 unspecified atom stereocenters. The summed E-state index contributed by atoms with van der Waals surface area (Å²) in [6.45, 7) is 1.67. The molecular weight excluding hydrogens is 304 g/mol. The van der Waals surface area contributed by atoms with Gasteiger partial charge >= 0.3 is 0 Å². The second-order valence-electron chi connectivity index (χ2n) is 5.76. The summed E-state index contributed by atoms with van der Waals surface area (Å²) in [6.07, 6.45) is -1.20. The average molecular weight is 322 g/mol. The quantitative estimate of drug-likeness (QED) is 0.877. The van der Waals surface area contributed by atoms with Crippen molar-refractivity contribution in [3.8, 4) is 0 Å². The van der Waals surface area contributed by atoms with Gasteiger partial charge in [0, 0.05) is 5.56 Å². The Hall–Kier alpha value is -2.79. The first kappa shape index (κ1) is 16.1. The zero-order valence-electron chi connectivity index (χ0n) is 13.3. The zero-order chi connectivity index (χ0) is 17.1. The number of hydrogen-bond acceptors (Lipinski definition) is 5. The van der Waals surface area contributed by atoms with Crippen molar-refractivity contribution in [1.82, 2.24) is 0 Å². The van der Waals surface area contributed by atoms with E-state index in [1.807, 2.05) is 36.4 Å². The normalized spacial score (nSPS) is 20.4. The number of aliphatic hydroxyl groups excluding tert-OH is 1. The largest absolute Gasteiger partial charge is 0.386 e. The van der Waals surface area contributed by atoms with E-state index in [0.29, 0.717) is 5.56 Å². The van der Waals surface area contributed by atoms with Crippen molar-refractivity contribution in [2.75, 3.05) is 11.6 Å². The van der Waals surface area contributed by atoms with Crippen LogP contribution in [0.1, 0.15) is 17.3 Å². The van der Waals surface area contributed by atoms with Gasteiger partial charge in [-0.05, 0) is 19.1 Å². The summed E-state index contributed by atoms with van der Waals surface area (Å²) >= 11 is 0. The van der Waals surface area contributed by atoms with Gasteiger partial charge in [0.05, 0.1) is 18.2 Å². The number of hydrazone groups is 1. The van der Waals surface area contributed by atoms with Gasteiger partial charge in [0.25, 0.3) is 0 Å². The smallest absolute Gasteiger partial charge is 0.211 e. The molecule has 5 heteroatoms. The Labute approximate surface area is 140 Å². The Morgan fingerprint density at radius 2 is 1.62 bits per heavy atom. The number of benzene rings is 2. The summed E-state index contributed by atoms with van der Waals surface area (Å²) < 4.78 is 0. The van der Waals surface area contributed by atoms with E-state index in [4.69, 9.17) is 0 Å². The number of nitrogens with zero attached hydrogens (tertiary/aromatic N) is 2. The number of ketones is 2. The summed E-state index contributed by atoms with van der Waals surface area (Å²) in [6, 6.07) is 17.9. The number of aliphatic hydroxyl groups is 1. The monoisotopic (exact) mass is 322 g/mol. The molecule has 0 aliphatic carbocycles. The number of Topliss-reactive ketones (excluding diaryl/α,β-unsaturated/α-hetero) is 2. The molecule has 0 saturated carbocycles. The molecule has 5 nitrogen and oxygen atoms in total. The van der Waals surface area contributed by atoms with E-state index in [2.05, 4.69) is 5.10 Å². The van der Waals surface area contributed by atoms with Crippen LogP contribution in [-0.4, -0.2) is 35.0 Å². The van der Waals surface area contributed by atoms with E-state index < -0.39 is 12.0 Å². The molecule has 1 heterocycles. The van der Waals surface area contributed by atoms with Gasteiger partial charge in [0.2, 0.25) is 5.78 Å². The second kappa shape index (κ2) is 6.76. The highest BCUT2D eigenvalue weighted by Gasteiger charge is 2.38. The van der Waals surface area contributed by atoms with Gasteiger partial charge < -0.3 is 5.11 Å². The van der Waals surface area contributed by atoms with Gasteiger partial charge in [-0.3, -0.25) is 14.6 Å². The lowest BCUT2D eigenvalue weighted by Gasteiger charge is -2.33. The molecule has 0 fully saturated rings. The van der Waals surface area contributed by atoms with Crippen molar-refractivity contribution in [2.45, 2.75) is 13.0 Å². The van der Waals surface area contributed by atoms with Gasteiger partial charge in [-0.25, -0.2) is 0 Å². The summed E-state index contributed by atoms with van der Waals surface area (Å²) in [5.41, 5.74) is 1.21. The van der Waals surface area contributed by atoms with E-state index >= 15 is 0 Å². The third-order valence-electron chi connectivity index (χ3n) is 4.10. The van der Waals surface area contributed by atoms with Crippen LogP contribution in [0.3, 0.4) is 0 Å².